The number of carbonyl (C=O) groups is 2. The average molecular weight is 466 g/mol. The van der Waals surface area contributed by atoms with Crippen molar-refractivity contribution in [1.29, 1.82) is 0 Å². The summed E-state index contributed by atoms with van der Waals surface area (Å²) in [6, 6.07) is 3.62. The van der Waals surface area contributed by atoms with Gasteiger partial charge in [0.2, 0.25) is 15.9 Å². The highest BCUT2D eigenvalue weighted by atomic mass is 32.2. The third-order valence-electron chi connectivity index (χ3n) is 5.99. The highest BCUT2D eigenvalue weighted by molar-refractivity contribution is 7.89. The summed E-state index contributed by atoms with van der Waals surface area (Å²) in [7, 11) is -2.29. The van der Waals surface area contributed by atoms with E-state index in [1.165, 1.54) is 4.31 Å². The number of piperidine rings is 1. The summed E-state index contributed by atoms with van der Waals surface area (Å²) in [5, 5.41) is 2.83. The number of hydrogen-bond acceptors (Lipinski definition) is 6. The van der Waals surface area contributed by atoms with Gasteiger partial charge in [-0.3, -0.25) is 4.79 Å². The molecule has 0 spiro atoms. The molecule has 0 unspecified atom stereocenters. The number of amides is 1. The number of ether oxygens (including phenoxy) is 1. The van der Waals surface area contributed by atoms with Crippen LogP contribution in [-0.2, 0) is 33.1 Å². The first-order chi connectivity index (χ1) is 15.1. The van der Waals surface area contributed by atoms with E-state index in [0.29, 0.717) is 36.5 Å². The zero-order valence-electron chi connectivity index (χ0n) is 19.2. The Morgan fingerprint density at radius 2 is 1.94 bits per heavy atom. The van der Waals surface area contributed by atoms with Crippen LogP contribution in [0.2, 0.25) is 0 Å². The molecule has 0 radical (unpaired) electrons. The third-order valence-corrected chi connectivity index (χ3v) is 8.02. The standard InChI is InChI=1S/C22H31N3O6S/c1-6-30-22(27)19-15(3)24(5)16(4)20(19)32(28,29)25-11-7-8-17(13-25)21(26)23-12-18-10-9-14(2)31-18/h9-10,17H,6-8,11-13H2,1-5H3,(H,23,26)/t17-/m1/s1. The molecule has 176 valence electrons. The van der Waals surface area contributed by atoms with Crippen molar-refractivity contribution in [3.63, 3.8) is 0 Å². The molecule has 0 saturated carbocycles. The zero-order chi connectivity index (χ0) is 23.6. The second kappa shape index (κ2) is 9.50. The normalized spacial score (nSPS) is 17.3. The molecule has 2 aromatic rings. The lowest BCUT2D eigenvalue weighted by Crippen LogP contribution is -2.45. The number of rotatable bonds is 7. The summed E-state index contributed by atoms with van der Waals surface area (Å²) in [6.45, 7) is 7.61. The number of sulfonamides is 1. The summed E-state index contributed by atoms with van der Waals surface area (Å²) in [5.74, 6) is 0.0457. The Morgan fingerprint density at radius 1 is 1.22 bits per heavy atom. The minimum atomic E-state index is -4.01. The van der Waals surface area contributed by atoms with Gasteiger partial charge in [0, 0.05) is 31.5 Å². The Morgan fingerprint density at radius 3 is 2.56 bits per heavy atom. The molecule has 1 aliphatic heterocycles. The predicted octanol–water partition coefficient (Wildman–Crippen LogP) is 2.44. The largest absolute Gasteiger partial charge is 0.465 e. The first-order valence-electron chi connectivity index (χ1n) is 10.7. The van der Waals surface area contributed by atoms with E-state index in [1.54, 1.807) is 38.5 Å². The lowest BCUT2D eigenvalue weighted by Gasteiger charge is -2.31. The Bertz CT molecular complexity index is 1120. The van der Waals surface area contributed by atoms with Crippen LogP contribution in [-0.4, -0.2) is 48.9 Å². The number of esters is 1. The fourth-order valence-electron chi connectivity index (χ4n) is 4.08. The van der Waals surface area contributed by atoms with Crippen LogP contribution >= 0.6 is 0 Å². The SMILES string of the molecule is CCOC(=O)c1c(S(=O)(=O)N2CCC[C@@H](C(=O)NCc3ccc(C)o3)C2)c(C)n(C)c1C. The number of hydrogen-bond donors (Lipinski definition) is 1. The van der Waals surface area contributed by atoms with Crippen LogP contribution in [0.25, 0.3) is 0 Å². The second-order valence-electron chi connectivity index (χ2n) is 8.09. The Hall–Kier alpha value is -2.59. The first kappa shape index (κ1) is 24.1. The molecule has 3 rings (SSSR count). The van der Waals surface area contributed by atoms with Gasteiger partial charge in [0.05, 0.1) is 19.1 Å². The highest BCUT2D eigenvalue weighted by Crippen LogP contribution is 2.32. The van der Waals surface area contributed by atoms with Crippen LogP contribution in [0.15, 0.2) is 21.4 Å². The monoisotopic (exact) mass is 465 g/mol. The van der Waals surface area contributed by atoms with Crippen molar-refractivity contribution in [2.45, 2.75) is 52.0 Å². The van der Waals surface area contributed by atoms with Crippen molar-refractivity contribution in [1.82, 2.24) is 14.2 Å². The molecule has 0 bridgehead atoms. The molecular weight excluding hydrogens is 434 g/mol. The van der Waals surface area contributed by atoms with Gasteiger partial charge in [-0.2, -0.15) is 4.31 Å². The minimum Gasteiger partial charge on any atom is -0.465 e. The van der Waals surface area contributed by atoms with Gasteiger partial charge in [-0.25, -0.2) is 13.2 Å². The van der Waals surface area contributed by atoms with Gasteiger partial charge in [0.25, 0.3) is 0 Å². The summed E-state index contributed by atoms with van der Waals surface area (Å²) in [5.41, 5.74) is 1.05. The Labute approximate surface area is 188 Å². The van der Waals surface area contributed by atoms with E-state index in [2.05, 4.69) is 5.32 Å². The van der Waals surface area contributed by atoms with Crippen LogP contribution < -0.4 is 5.32 Å². The summed E-state index contributed by atoms with van der Waals surface area (Å²) < 4.78 is 40.8. The van der Waals surface area contributed by atoms with Gasteiger partial charge in [0.15, 0.2) is 0 Å². The van der Waals surface area contributed by atoms with Crippen molar-refractivity contribution in [2.24, 2.45) is 13.0 Å². The van der Waals surface area contributed by atoms with E-state index in [4.69, 9.17) is 9.15 Å². The molecular formula is C22H31N3O6S. The molecule has 1 saturated heterocycles. The second-order valence-corrected chi connectivity index (χ2v) is 9.96. The van der Waals surface area contributed by atoms with Gasteiger partial charge >= 0.3 is 5.97 Å². The van der Waals surface area contributed by atoms with Gasteiger partial charge in [-0.05, 0) is 52.7 Å². The number of furan rings is 1. The topological polar surface area (TPSA) is 111 Å². The molecule has 2 aromatic heterocycles. The fourth-order valence-corrected chi connectivity index (χ4v) is 6.08. The molecule has 1 amide bonds. The maximum absolute atomic E-state index is 13.6. The van der Waals surface area contributed by atoms with E-state index in [-0.39, 0.29) is 36.1 Å². The molecule has 1 N–H and O–H groups in total. The summed E-state index contributed by atoms with van der Waals surface area (Å²) in [6.07, 6.45) is 1.14. The van der Waals surface area contributed by atoms with Crippen molar-refractivity contribution in [2.75, 3.05) is 19.7 Å². The molecule has 1 atom stereocenters. The average Bonchev–Trinajstić information content (AvgIpc) is 3.28. The zero-order valence-corrected chi connectivity index (χ0v) is 20.0. The molecule has 1 fully saturated rings. The van der Waals surface area contributed by atoms with Crippen molar-refractivity contribution >= 4 is 21.9 Å². The van der Waals surface area contributed by atoms with Crippen molar-refractivity contribution < 1.29 is 27.2 Å². The van der Waals surface area contributed by atoms with E-state index >= 15 is 0 Å². The van der Waals surface area contributed by atoms with E-state index in [0.717, 1.165) is 5.76 Å². The number of aryl methyl sites for hydroxylation is 1. The molecule has 0 aromatic carbocycles. The molecule has 0 aliphatic carbocycles. The van der Waals surface area contributed by atoms with E-state index in [1.807, 2.05) is 13.0 Å². The molecule has 1 aliphatic rings. The van der Waals surface area contributed by atoms with Gasteiger partial charge in [-0.1, -0.05) is 0 Å². The molecule has 32 heavy (non-hydrogen) atoms. The fraction of sp³-hybridized carbons (Fsp3) is 0.545. The Balaban J connectivity index is 1.82. The number of nitrogens with zero attached hydrogens (tertiary/aromatic N) is 2. The molecule has 9 nitrogen and oxygen atoms in total. The predicted molar refractivity (Wildman–Crippen MR) is 118 cm³/mol. The van der Waals surface area contributed by atoms with Crippen LogP contribution in [0.4, 0.5) is 0 Å². The van der Waals surface area contributed by atoms with Gasteiger partial charge in [0.1, 0.15) is 22.0 Å². The molecule has 3 heterocycles. The maximum atomic E-state index is 13.6. The quantitative estimate of drug-likeness (QED) is 0.629. The smallest absolute Gasteiger partial charge is 0.341 e. The minimum absolute atomic E-state index is 0.0388. The van der Waals surface area contributed by atoms with Crippen LogP contribution in [0, 0.1) is 26.7 Å². The van der Waals surface area contributed by atoms with E-state index < -0.39 is 21.9 Å². The van der Waals surface area contributed by atoms with Crippen LogP contribution in [0.5, 0.6) is 0 Å². The number of carbonyl (C=O) groups excluding carboxylic acids is 2. The van der Waals surface area contributed by atoms with Crippen molar-refractivity contribution in [3.8, 4) is 0 Å². The molecule has 10 heteroatoms. The number of aromatic nitrogens is 1. The Kier molecular flexibility index (Phi) is 7.14. The maximum Gasteiger partial charge on any atom is 0.341 e. The summed E-state index contributed by atoms with van der Waals surface area (Å²) >= 11 is 0. The highest BCUT2D eigenvalue weighted by Gasteiger charge is 2.39. The lowest BCUT2D eigenvalue weighted by atomic mass is 9.99. The van der Waals surface area contributed by atoms with Crippen molar-refractivity contribution in [3.05, 3.63) is 40.6 Å². The number of nitrogens with one attached hydrogen (secondary N) is 1. The third kappa shape index (κ3) is 4.61. The lowest BCUT2D eigenvalue weighted by molar-refractivity contribution is -0.126. The van der Waals surface area contributed by atoms with E-state index in [9.17, 15) is 18.0 Å². The van der Waals surface area contributed by atoms with Gasteiger partial charge < -0.3 is 19.0 Å². The van der Waals surface area contributed by atoms with Gasteiger partial charge in [-0.15, -0.1) is 0 Å². The van der Waals surface area contributed by atoms with Crippen LogP contribution in [0.1, 0.15) is 53.0 Å². The van der Waals surface area contributed by atoms with Crippen LogP contribution in [0.3, 0.4) is 0 Å². The first-order valence-corrected chi connectivity index (χ1v) is 12.2. The summed E-state index contributed by atoms with van der Waals surface area (Å²) in [4.78, 5) is 25.3.